The molecule has 0 spiro atoms. The summed E-state index contributed by atoms with van der Waals surface area (Å²) in [5, 5.41) is 5.77. The van der Waals surface area contributed by atoms with Crippen LogP contribution in [0.15, 0.2) is 42.5 Å². The van der Waals surface area contributed by atoms with Crippen LogP contribution in [0.2, 0.25) is 0 Å². The molecule has 0 atom stereocenters. The molecule has 7 heteroatoms. The van der Waals surface area contributed by atoms with Gasteiger partial charge in [0.15, 0.2) is 0 Å². The van der Waals surface area contributed by atoms with Gasteiger partial charge in [-0.05, 0) is 24.3 Å². The van der Waals surface area contributed by atoms with Crippen molar-refractivity contribution >= 4 is 63.1 Å². The van der Waals surface area contributed by atoms with Gasteiger partial charge in [0.05, 0.1) is 23.8 Å². The lowest BCUT2D eigenvalue weighted by Gasteiger charge is -2.21. The van der Waals surface area contributed by atoms with Gasteiger partial charge in [0.25, 0.3) is 0 Å². The zero-order chi connectivity index (χ0) is 18.4. The summed E-state index contributed by atoms with van der Waals surface area (Å²) in [4.78, 5) is 7.04. The maximum absolute atomic E-state index is 5.89. The van der Waals surface area contributed by atoms with Crippen molar-refractivity contribution in [3.05, 3.63) is 42.5 Å². The van der Waals surface area contributed by atoms with Crippen LogP contribution in [0.1, 0.15) is 0 Å². The summed E-state index contributed by atoms with van der Waals surface area (Å²) < 4.78 is 5.40. The van der Waals surface area contributed by atoms with Crippen molar-refractivity contribution in [3.63, 3.8) is 0 Å². The number of ether oxygens (including phenoxy) is 1. The number of aromatic nitrogens is 1. The lowest BCUT2D eigenvalue weighted by atomic mass is 10.1. The number of hydrogen-bond donors (Lipinski definition) is 1. The lowest BCUT2D eigenvalue weighted by molar-refractivity contribution is 0.319. The minimum atomic E-state index is 0. The van der Waals surface area contributed by atoms with Crippen molar-refractivity contribution in [2.45, 2.75) is 0 Å². The first-order chi connectivity index (χ1) is 12.8. The van der Waals surface area contributed by atoms with Crippen LogP contribution in [0, 0.1) is 0 Å². The molecule has 2 aromatic carbocycles. The van der Waals surface area contributed by atoms with Crippen LogP contribution >= 0.6 is 35.6 Å². The quantitative estimate of drug-likeness (QED) is 0.384. The topological polar surface area (TPSA) is 37.4 Å². The van der Waals surface area contributed by atoms with Gasteiger partial charge >= 0.3 is 0 Å². The number of anilines is 1. The second-order valence-electron chi connectivity index (χ2n) is 6.03. The molecule has 0 fully saturated rings. The van der Waals surface area contributed by atoms with E-state index in [0.717, 1.165) is 59.4 Å². The Labute approximate surface area is 176 Å². The smallest absolute Gasteiger partial charge is 0.119 e. The number of fused-ring (bicyclic) bond motifs is 2. The van der Waals surface area contributed by atoms with E-state index < -0.39 is 0 Å². The molecular formula is C20H24Cl3N3O. The second-order valence-corrected chi connectivity index (χ2v) is 6.79. The van der Waals surface area contributed by atoms with E-state index in [4.69, 9.17) is 32.9 Å². The largest absolute Gasteiger partial charge is 0.497 e. The highest BCUT2D eigenvalue weighted by atomic mass is 35.5. The summed E-state index contributed by atoms with van der Waals surface area (Å²) in [5.74, 6) is 2.04. The molecule has 1 N–H and O–H groups in total. The van der Waals surface area contributed by atoms with Crippen molar-refractivity contribution in [2.24, 2.45) is 0 Å². The summed E-state index contributed by atoms with van der Waals surface area (Å²) in [7, 11) is 1.68. The third kappa shape index (κ3) is 5.29. The molecule has 0 radical (unpaired) electrons. The van der Waals surface area contributed by atoms with Crippen LogP contribution in [0.25, 0.3) is 21.8 Å². The van der Waals surface area contributed by atoms with Gasteiger partial charge in [0.1, 0.15) is 5.75 Å². The Kier molecular flexibility index (Phi) is 8.71. The van der Waals surface area contributed by atoms with E-state index in [2.05, 4.69) is 16.3 Å². The molecule has 0 saturated heterocycles. The van der Waals surface area contributed by atoms with E-state index in [0.29, 0.717) is 11.8 Å². The Morgan fingerprint density at radius 2 is 1.67 bits per heavy atom. The van der Waals surface area contributed by atoms with Gasteiger partial charge in [-0.15, -0.1) is 35.6 Å². The molecule has 0 amide bonds. The van der Waals surface area contributed by atoms with Crippen molar-refractivity contribution in [1.82, 2.24) is 9.88 Å². The number of alkyl halides is 2. The number of rotatable bonds is 9. The number of methoxy groups -OCH3 is 1. The minimum absolute atomic E-state index is 0. The van der Waals surface area contributed by atoms with Crippen molar-refractivity contribution in [1.29, 1.82) is 0 Å². The number of nitrogens with zero attached hydrogens (tertiary/aromatic N) is 2. The van der Waals surface area contributed by atoms with Gasteiger partial charge < -0.3 is 10.1 Å². The number of para-hydroxylation sites is 1. The normalized spacial score (nSPS) is 11.0. The summed E-state index contributed by atoms with van der Waals surface area (Å²) in [6, 6.07) is 14.2. The fourth-order valence-corrected chi connectivity index (χ4v) is 3.58. The SMILES string of the molecule is COc1ccc2nc3ccccc3c(NCCN(CCCl)CCCl)c2c1.Cl. The van der Waals surface area contributed by atoms with E-state index in [1.54, 1.807) is 7.11 Å². The van der Waals surface area contributed by atoms with Crippen LogP contribution in [0.4, 0.5) is 5.69 Å². The van der Waals surface area contributed by atoms with Crippen LogP contribution in [0.5, 0.6) is 5.75 Å². The van der Waals surface area contributed by atoms with E-state index in [1.165, 1.54) is 0 Å². The predicted octanol–water partition coefficient (Wildman–Crippen LogP) is 5.01. The molecule has 1 heterocycles. The molecule has 1 aromatic heterocycles. The number of nitrogens with one attached hydrogen (secondary N) is 1. The number of pyridine rings is 1. The third-order valence-electron chi connectivity index (χ3n) is 4.42. The molecule has 0 aliphatic rings. The predicted molar refractivity (Wildman–Crippen MR) is 119 cm³/mol. The standard InChI is InChI=1S/C20H23Cl2N3O.ClH/c1-26-15-6-7-19-17(14-15)20(16-4-2-3-5-18(16)24-19)23-10-13-25(11-8-21)12-9-22;/h2-7,14H,8-13H2,1H3,(H,23,24);1H. The molecular weight excluding hydrogens is 405 g/mol. The van der Waals surface area contributed by atoms with Crippen molar-refractivity contribution in [2.75, 3.05) is 50.4 Å². The molecule has 4 nitrogen and oxygen atoms in total. The highest BCUT2D eigenvalue weighted by molar-refractivity contribution is 6.18. The van der Waals surface area contributed by atoms with Crippen LogP contribution in [-0.2, 0) is 0 Å². The molecule has 3 rings (SSSR count). The average Bonchev–Trinajstić information content (AvgIpc) is 2.67. The summed E-state index contributed by atoms with van der Waals surface area (Å²) in [6.45, 7) is 3.35. The zero-order valence-electron chi connectivity index (χ0n) is 15.3. The van der Waals surface area contributed by atoms with Crippen LogP contribution < -0.4 is 10.1 Å². The van der Waals surface area contributed by atoms with Crippen LogP contribution in [-0.4, -0.2) is 54.9 Å². The Morgan fingerprint density at radius 1 is 0.963 bits per heavy atom. The van der Waals surface area contributed by atoms with Gasteiger partial charge in [-0.25, -0.2) is 4.98 Å². The Balaban J connectivity index is 0.00000261. The highest BCUT2D eigenvalue weighted by Gasteiger charge is 2.11. The lowest BCUT2D eigenvalue weighted by Crippen LogP contribution is -2.32. The number of hydrogen-bond acceptors (Lipinski definition) is 4. The third-order valence-corrected chi connectivity index (χ3v) is 4.76. The Morgan fingerprint density at radius 3 is 2.37 bits per heavy atom. The first kappa shape index (κ1) is 21.8. The van der Waals surface area contributed by atoms with Crippen LogP contribution in [0.3, 0.4) is 0 Å². The van der Waals surface area contributed by atoms with Gasteiger partial charge in [-0.3, -0.25) is 4.90 Å². The fourth-order valence-electron chi connectivity index (χ4n) is 3.10. The van der Waals surface area contributed by atoms with E-state index in [9.17, 15) is 0 Å². The maximum atomic E-state index is 5.89. The van der Waals surface area contributed by atoms with E-state index in [1.807, 2.05) is 36.4 Å². The Hall–Kier alpha value is -1.46. The van der Waals surface area contributed by atoms with Gasteiger partial charge in [-0.1, -0.05) is 18.2 Å². The summed E-state index contributed by atoms with van der Waals surface area (Å²) in [6.07, 6.45) is 0. The van der Waals surface area contributed by atoms with Crippen molar-refractivity contribution < 1.29 is 4.74 Å². The monoisotopic (exact) mass is 427 g/mol. The summed E-state index contributed by atoms with van der Waals surface area (Å²) in [5.41, 5.74) is 3.01. The molecule has 0 aliphatic heterocycles. The molecule has 0 saturated carbocycles. The van der Waals surface area contributed by atoms with Gasteiger partial charge in [0.2, 0.25) is 0 Å². The molecule has 27 heavy (non-hydrogen) atoms. The second kappa shape index (κ2) is 10.8. The van der Waals surface area contributed by atoms with Gasteiger partial charge in [-0.2, -0.15) is 0 Å². The maximum Gasteiger partial charge on any atom is 0.119 e. The fraction of sp³-hybridized carbons (Fsp3) is 0.350. The number of benzene rings is 2. The van der Waals surface area contributed by atoms with E-state index >= 15 is 0 Å². The molecule has 3 aromatic rings. The first-order valence-corrected chi connectivity index (χ1v) is 9.78. The molecule has 0 unspecified atom stereocenters. The van der Waals surface area contributed by atoms with E-state index in [-0.39, 0.29) is 12.4 Å². The molecule has 0 aliphatic carbocycles. The summed E-state index contributed by atoms with van der Waals surface area (Å²) >= 11 is 11.8. The molecule has 146 valence electrons. The zero-order valence-corrected chi connectivity index (χ0v) is 17.6. The first-order valence-electron chi connectivity index (χ1n) is 8.71. The minimum Gasteiger partial charge on any atom is -0.497 e. The number of halogens is 3. The average molecular weight is 429 g/mol. The Bertz CT molecular complexity index is 870. The highest BCUT2D eigenvalue weighted by Crippen LogP contribution is 2.32. The molecule has 0 bridgehead atoms. The van der Waals surface area contributed by atoms with Gasteiger partial charge in [0, 0.05) is 48.7 Å². The van der Waals surface area contributed by atoms with Crippen molar-refractivity contribution in [3.8, 4) is 5.75 Å².